The second-order valence-electron chi connectivity index (χ2n) is 6.47. The molecule has 1 amide bonds. The van der Waals surface area contributed by atoms with Crippen LogP contribution in [0.1, 0.15) is 11.1 Å². The molecule has 0 aliphatic heterocycles. The summed E-state index contributed by atoms with van der Waals surface area (Å²) >= 11 is 1.35. The van der Waals surface area contributed by atoms with Crippen LogP contribution in [0.3, 0.4) is 0 Å². The van der Waals surface area contributed by atoms with Crippen LogP contribution < -0.4 is 5.32 Å². The van der Waals surface area contributed by atoms with E-state index in [-0.39, 0.29) is 11.7 Å². The van der Waals surface area contributed by atoms with Crippen molar-refractivity contribution in [3.05, 3.63) is 72.2 Å². The third-order valence-electron chi connectivity index (χ3n) is 4.52. The molecule has 0 aliphatic rings. The first kappa shape index (κ1) is 18.2. The molecular weight excluding hydrogens is 370 g/mol. The number of benzene rings is 2. The van der Waals surface area contributed by atoms with Crippen LogP contribution in [0.4, 0.5) is 5.69 Å². The van der Waals surface area contributed by atoms with Crippen LogP contribution in [-0.2, 0) is 4.79 Å². The maximum atomic E-state index is 12.5. The van der Waals surface area contributed by atoms with Gasteiger partial charge in [-0.25, -0.2) is 0 Å². The molecule has 0 spiro atoms. The standard InChI is InChI=1S/C21H19N5OS/c1-14-8-9-17(11-15(14)2)26-13-23-25-21(26)28-12-19(27)24-18-7-3-5-16-6-4-10-22-20(16)18/h3-11,13H,12H2,1-2H3,(H,24,27). The Balaban J connectivity index is 1.47. The van der Waals surface area contributed by atoms with Gasteiger partial charge in [0.25, 0.3) is 0 Å². The van der Waals surface area contributed by atoms with Gasteiger partial charge in [-0.1, -0.05) is 36.0 Å². The molecule has 6 nitrogen and oxygen atoms in total. The van der Waals surface area contributed by atoms with Crippen LogP contribution in [0, 0.1) is 13.8 Å². The summed E-state index contributed by atoms with van der Waals surface area (Å²) in [7, 11) is 0. The van der Waals surface area contributed by atoms with Crippen LogP contribution in [0.2, 0.25) is 0 Å². The van der Waals surface area contributed by atoms with Gasteiger partial charge in [-0.2, -0.15) is 0 Å². The molecule has 4 rings (SSSR count). The predicted octanol–water partition coefficient (Wildman–Crippen LogP) is 4.16. The number of rotatable bonds is 5. The van der Waals surface area contributed by atoms with Gasteiger partial charge in [0.05, 0.1) is 17.0 Å². The van der Waals surface area contributed by atoms with E-state index in [2.05, 4.69) is 46.5 Å². The average Bonchev–Trinajstić information content (AvgIpc) is 3.17. The molecule has 7 heteroatoms. The molecule has 0 saturated heterocycles. The summed E-state index contributed by atoms with van der Waals surface area (Å²) in [6.45, 7) is 4.15. The van der Waals surface area contributed by atoms with Crippen LogP contribution in [0.5, 0.6) is 0 Å². The molecule has 2 aromatic carbocycles. The third kappa shape index (κ3) is 3.75. The molecule has 0 saturated carbocycles. The van der Waals surface area contributed by atoms with E-state index in [1.807, 2.05) is 41.0 Å². The molecule has 28 heavy (non-hydrogen) atoms. The molecular formula is C21H19N5OS. The second-order valence-corrected chi connectivity index (χ2v) is 7.41. The van der Waals surface area contributed by atoms with E-state index in [0.29, 0.717) is 10.8 Å². The number of carbonyl (C=O) groups is 1. The molecule has 140 valence electrons. The Morgan fingerprint density at radius 1 is 1.11 bits per heavy atom. The summed E-state index contributed by atoms with van der Waals surface area (Å²) < 4.78 is 1.89. The quantitative estimate of drug-likeness (QED) is 0.519. The fourth-order valence-corrected chi connectivity index (χ4v) is 3.63. The summed E-state index contributed by atoms with van der Waals surface area (Å²) in [6, 6.07) is 15.8. The number of nitrogens with zero attached hydrogens (tertiary/aromatic N) is 4. The zero-order valence-electron chi connectivity index (χ0n) is 15.6. The van der Waals surface area contributed by atoms with Crippen molar-refractivity contribution in [3.8, 4) is 5.69 Å². The molecule has 1 N–H and O–H groups in total. The largest absolute Gasteiger partial charge is 0.323 e. The SMILES string of the molecule is Cc1ccc(-n2cnnc2SCC(=O)Nc2cccc3cccnc23)cc1C. The Kier molecular flexibility index (Phi) is 5.08. The van der Waals surface area contributed by atoms with Gasteiger partial charge in [-0.05, 0) is 49.2 Å². The first-order valence-electron chi connectivity index (χ1n) is 8.86. The lowest BCUT2D eigenvalue weighted by molar-refractivity contribution is -0.113. The van der Waals surface area contributed by atoms with Crippen LogP contribution in [-0.4, -0.2) is 31.4 Å². The van der Waals surface area contributed by atoms with Gasteiger partial charge in [-0.3, -0.25) is 14.3 Å². The number of aryl methyl sites for hydroxylation is 2. The molecule has 0 aliphatic carbocycles. The highest BCUT2D eigenvalue weighted by Crippen LogP contribution is 2.23. The number of carbonyl (C=O) groups excluding carboxylic acids is 1. The number of fused-ring (bicyclic) bond motifs is 1. The molecule has 4 aromatic rings. The number of aromatic nitrogens is 4. The first-order chi connectivity index (χ1) is 13.6. The van der Waals surface area contributed by atoms with Gasteiger partial charge in [0.1, 0.15) is 6.33 Å². The van der Waals surface area contributed by atoms with Gasteiger partial charge in [0, 0.05) is 17.3 Å². The molecule has 0 fully saturated rings. The molecule has 0 radical (unpaired) electrons. The highest BCUT2D eigenvalue weighted by Gasteiger charge is 2.12. The van der Waals surface area contributed by atoms with Crippen LogP contribution in [0.15, 0.2) is 66.2 Å². The van der Waals surface area contributed by atoms with E-state index >= 15 is 0 Å². The van der Waals surface area contributed by atoms with E-state index < -0.39 is 0 Å². The summed E-state index contributed by atoms with van der Waals surface area (Å²) in [6.07, 6.45) is 3.39. The van der Waals surface area contributed by atoms with Crippen LogP contribution in [0.25, 0.3) is 16.6 Å². The fourth-order valence-electron chi connectivity index (χ4n) is 2.90. The predicted molar refractivity (Wildman–Crippen MR) is 112 cm³/mol. The number of anilines is 1. The molecule has 0 unspecified atom stereocenters. The maximum absolute atomic E-state index is 12.5. The van der Waals surface area contributed by atoms with E-state index in [1.165, 1.54) is 22.9 Å². The van der Waals surface area contributed by atoms with Crippen molar-refractivity contribution in [3.63, 3.8) is 0 Å². The lowest BCUT2D eigenvalue weighted by atomic mass is 10.1. The molecule has 0 bridgehead atoms. The molecule has 2 aromatic heterocycles. The lowest BCUT2D eigenvalue weighted by Gasteiger charge is -2.09. The Morgan fingerprint density at radius 2 is 1.96 bits per heavy atom. The summed E-state index contributed by atoms with van der Waals surface area (Å²) in [4.78, 5) is 16.8. The number of pyridine rings is 1. The maximum Gasteiger partial charge on any atom is 0.234 e. The minimum Gasteiger partial charge on any atom is -0.323 e. The number of thioether (sulfide) groups is 1. The van der Waals surface area contributed by atoms with E-state index in [0.717, 1.165) is 16.6 Å². The van der Waals surface area contributed by atoms with Crippen molar-refractivity contribution < 1.29 is 4.79 Å². The number of amides is 1. The first-order valence-corrected chi connectivity index (χ1v) is 9.84. The van der Waals surface area contributed by atoms with Crippen molar-refractivity contribution in [1.29, 1.82) is 0 Å². The number of para-hydroxylation sites is 1. The Bertz CT molecular complexity index is 1150. The third-order valence-corrected chi connectivity index (χ3v) is 5.47. The summed E-state index contributed by atoms with van der Waals surface area (Å²) in [5.74, 6) is 0.116. The van der Waals surface area contributed by atoms with Gasteiger partial charge in [0.2, 0.25) is 5.91 Å². The van der Waals surface area contributed by atoms with Crippen LogP contribution >= 0.6 is 11.8 Å². The Labute approximate surface area is 167 Å². The monoisotopic (exact) mass is 389 g/mol. The normalized spacial score (nSPS) is 10.9. The summed E-state index contributed by atoms with van der Waals surface area (Å²) in [5.41, 5.74) is 4.90. The van der Waals surface area contributed by atoms with Crippen molar-refractivity contribution in [2.24, 2.45) is 0 Å². The van der Waals surface area contributed by atoms with Crippen molar-refractivity contribution >= 4 is 34.3 Å². The Morgan fingerprint density at radius 3 is 2.82 bits per heavy atom. The topological polar surface area (TPSA) is 72.7 Å². The highest BCUT2D eigenvalue weighted by atomic mass is 32.2. The second kappa shape index (κ2) is 7.82. The number of hydrogen-bond donors (Lipinski definition) is 1. The average molecular weight is 389 g/mol. The minimum absolute atomic E-state index is 0.113. The minimum atomic E-state index is -0.113. The number of hydrogen-bond acceptors (Lipinski definition) is 5. The van der Waals surface area contributed by atoms with E-state index in [4.69, 9.17) is 0 Å². The van der Waals surface area contributed by atoms with E-state index in [9.17, 15) is 4.79 Å². The van der Waals surface area contributed by atoms with Crippen molar-refractivity contribution in [2.75, 3.05) is 11.1 Å². The lowest BCUT2D eigenvalue weighted by Crippen LogP contribution is -2.15. The highest BCUT2D eigenvalue weighted by molar-refractivity contribution is 7.99. The van der Waals surface area contributed by atoms with Gasteiger partial charge in [0.15, 0.2) is 5.16 Å². The number of nitrogens with one attached hydrogen (secondary N) is 1. The zero-order valence-corrected chi connectivity index (χ0v) is 16.4. The summed E-state index contributed by atoms with van der Waals surface area (Å²) in [5, 5.41) is 12.8. The fraction of sp³-hybridized carbons (Fsp3) is 0.143. The van der Waals surface area contributed by atoms with Crippen molar-refractivity contribution in [1.82, 2.24) is 19.7 Å². The molecule has 0 atom stereocenters. The van der Waals surface area contributed by atoms with Crippen molar-refractivity contribution in [2.45, 2.75) is 19.0 Å². The van der Waals surface area contributed by atoms with E-state index in [1.54, 1.807) is 12.5 Å². The van der Waals surface area contributed by atoms with Gasteiger partial charge >= 0.3 is 0 Å². The Hall–Kier alpha value is -3.19. The van der Waals surface area contributed by atoms with Gasteiger partial charge < -0.3 is 5.32 Å². The smallest absolute Gasteiger partial charge is 0.234 e. The molecule has 2 heterocycles. The van der Waals surface area contributed by atoms with Gasteiger partial charge in [-0.15, -0.1) is 10.2 Å². The zero-order chi connectivity index (χ0) is 19.5.